The molecule has 0 bridgehead atoms. The van der Waals surface area contributed by atoms with Crippen LogP contribution in [0.5, 0.6) is 0 Å². The molecular formula is C14H15NO4. The summed E-state index contributed by atoms with van der Waals surface area (Å²) in [5.74, 6) is -2.35. The maximum Gasteiger partial charge on any atom is 0.315 e. The van der Waals surface area contributed by atoms with E-state index in [0.717, 1.165) is 10.9 Å². The van der Waals surface area contributed by atoms with E-state index in [1.807, 2.05) is 24.3 Å². The number of fused-ring (bicyclic) bond motifs is 1. The number of para-hydroxylation sites is 1. The van der Waals surface area contributed by atoms with E-state index in [1.54, 1.807) is 13.0 Å². The quantitative estimate of drug-likeness (QED) is 0.809. The topological polar surface area (TPSA) is 79.4 Å². The van der Waals surface area contributed by atoms with Gasteiger partial charge in [0.05, 0.1) is 13.0 Å². The number of aliphatic carboxylic acids is 1. The monoisotopic (exact) mass is 261 g/mol. The summed E-state index contributed by atoms with van der Waals surface area (Å²) in [5.41, 5.74) is 1.44. The highest BCUT2D eigenvalue weighted by Crippen LogP contribution is 2.25. The molecule has 2 N–H and O–H groups in total. The van der Waals surface area contributed by atoms with Crippen LogP contribution in [0.3, 0.4) is 0 Å². The summed E-state index contributed by atoms with van der Waals surface area (Å²) in [6.45, 7) is 1.93. The molecule has 0 fully saturated rings. The number of benzene rings is 1. The smallest absolute Gasteiger partial charge is 0.315 e. The van der Waals surface area contributed by atoms with Crippen LogP contribution in [-0.4, -0.2) is 28.6 Å². The van der Waals surface area contributed by atoms with Gasteiger partial charge in [-0.25, -0.2) is 0 Å². The number of carboxylic acid groups (broad SMARTS) is 1. The fourth-order valence-electron chi connectivity index (χ4n) is 2.02. The van der Waals surface area contributed by atoms with E-state index in [-0.39, 0.29) is 13.0 Å². The second kappa shape index (κ2) is 5.56. The molecule has 100 valence electrons. The van der Waals surface area contributed by atoms with Crippen LogP contribution in [-0.2, 0) is 14.3 Å². The second-order valence-corrected chi connectivity index (χ2v) is 4.21. The lowest BCUT2D eigenvalue weighted by atomic mass is 10.0. The minimum absolute atomic E-state index is 0.231. The molecule has 19 heavy (non-hydrogen) atoms. The van der Waals surface area contributed by atoms with Gasteiger partial charge in [-0.15, -0.1) is 0 Å². The van der Waals surface area contributed by atoms with Crippen molar-refractivity contribution < 1.29 is 19.4 Å². The standard InChI is InChI=1S/C14H15NO4/c1-2-19-14(18)10(8-13(16)17)12-7-9-5-3-4-6-11(9)15-12/h3-7,10,15H,2,8H2,1H3,(H,16,17). The van der Waals surface area contributed by atoms with Crippen LogP contribution in [0.25, 0.3) is 10.9 Å². The van der Waals surface area contributed by atoms with Gasteiger partial charge >= 0.3 is 11.9 Å². The highest BCUT2D eigenvalue weighted by molar-refractivity contribution is 5.87. The first-order valence-electron chi connectivity index (χ1n) is 6.08. The number of carboxylic acids is 1. The fourth-order valence-corrected chi connectivity index (χ4v) is 2.02. The van der Waals surface area contributed by atoms with Crippen molar-refractivity contribution in [2.24, 2.45) is 0 Å². The Kier molecular flexibility index (Phi) is 3.85. The average molecular weight is 261 g/mol. The van der Waals surface area contributed by atoms with Crippen molar-refractivity contribution in [3.05, 3.63) is 36.0 Å². The third-order valence-corrected chi connectivity index (χ3v) is 2.88. The molecule has 0 saturated carbocycles. The van der Waals surface area contributed by atoms with E-state index in [0.29, 0.717) is 5.69 Å². The van der Waals surface area contributed by atoms with Crippen molar-refractivity contribution in [3.63, 3.8) is 0 Å². The van der Waals surface area contributed by atoms with Crippen molar-refractivity contribution in [1.29, 1.82) is 0 Å². The van der Waals surface area contributed by atoms with E-state index < -0.39 is 17.9 Å². The van der Waals surface area contributed by atoms with E-state index in [4.69, 9.17) is 9.84 Å². The molecule has 2 rings (SSSR count). The Morgan fingerprint density at radius 2 is 2.11 bits per heavy atom. The molecule has 0 spiro atoms. The number of ether oxygens (including phenoxy) is 1. The van der Waals surface area contributed by atoms with Gasteiger partial charge in [0.25, 0.3) is 0 Å². The SMILES string of the molecule is CCOC(=O)C(CC(=O)O)c1cc2ccccc2[nH]1. The van der Waals surface area contributed by atoms with Crippen molar-refractivity contribution in [3.8, 4) is 0 Å². The lowest BCUT2D eigenvalue weighted by Gasteiger charge is -2.11. The maximum atomic E-state index is 11.9. The van der Waals surface area contributed by atoms with Crippen molar-refractivity contribution in [2.75, 3.05) is 6.61 Å². The molecule has 0 amide bonds. The Labute approximate surface area is 110 Å². The molecule has 0 aliphatic carbocycles. The number of rotatable bonds is 5. The summed E-state index contributed by atoms with van der Waals surface area (Å²) in [6, 6.07) is 9.33. The molecule has 0 radical (unpaired) electrons. The van der Waals surface area contributed by atoms with E-state index in [9.17, 15) is 9.59 Å². The summed E-state index contributed by atoms with van der Waals surface area (Å²) in [4.78, 5) is 25.8. The molecule has 0 aliphatic rings. The van der Waals surface area contributed by atoms with Crippen LogP contribution in [0, 0.1) is 0 Å². The molecule has 1 unspecified atom stereocenters. The van der Waals surface area contributed by atoms with E-state index in [1.165, 1.54) is 0 Å². The molecule has 1 atom stereocenters. The molecule has 0 aliphatic heterocycles. The molecule has 0 saturated heterocycles. The first-order valence-corrected chi connectivity index (χ1v) is 6.08. The van der Waals surface area contributed by atoms with Gasteiger partial charge in [-0.05, 0) is 24.4 Å². The number of carbonyl (C=O) groups is 2. The van der Waals surface area contributed by atoms with Gasteiger partial charge in [-0.1, -0.05) is 18.2 Å². The molecule has 5 heteroatoms. The number of H-pyrrole nitrogens is 1. The van der Waals surface area contributed by atoms with Crippen LogP contribution in [0.15, 0.2) is 30.3 Å². The summed E-state index contributed by atoms with van der Waals surface area (Å²) in [7, 11) is 0. The third kappa shape index (κ3) is 2.93. The van der Waals surface area contributed by atoms with E-state index >= 15 is 0 Å². The zero-order valence-electron chi connectivity index (χ0n) is 10.6. The fraction of sp³-hybridized carbons (Fsp3) is 0.286. The minimum atomic E-state index is -1.03. The Morgan fingerprint density at radius 1 is 1.37 bits per heavy atom. The van der Waals surface area contributed by atoms with E-state index in [2.05, 4.69) is 4.98 Å². The van der Waals surface area contributed by atoms with Gasteiger partial charge in [0.15, 0.2) is 0 Å². The zero-order valence-corrected chi connectivity index (χ0v) is 10.6. The first kappa shape index (κ1) is 13.1. The third-order valence-electron chi connectivity index (χ3n) is 2.88. The summed E-state index contributed by atoms with van der Waals surface area (Å²) >= 11 is 0. The lowest BCUT2D eigenvalue weighted by molar-refractivity contribution is -0.149. The van der Waals surface area contributed by atoms with Crippen molar-refractivity contribution in [1.82, 2.24) is 4.98 Å². The van der Waals surface area contributed by atoms with Gasteiger partial charge in [-0.3, -0.25) is 9.59 Å². The van der Waals surface area contributed by atoms with Crippen LogP contribution < -0.4 is 0 Å². The zero-order chi connectivity index (χ0) is 13.8. The Balaban J connectivity index is 2.35. The number of nitrogens with one attached hydrogen (secondary N) is 1. The predicted octanol–water partition coefficient (Wildman–Crippen LogP) is 2.29. The Bertz CT molecular complexity index is 569. The minimum Gasteiger partial charge on any atom is -0.481 e. The lowest BCUT2D eigenvalue weighted by Crippen LogP contribution is -2.19. The van der Waals surface area contributed by atoms with Crippen LogP contribution in [0.2, 0.25) is 0 Å². The van der Waals surface area contributed by atoms with Gasteiger partial charge < -0.3 is 14.8 Å². The summed E-state index contributed by atoms with van der Waals surface area (Å²) in [5, 5.41) is 9.86. The predicted molar refractivity (Wildman–Crippen MR) is 69.9 cm³/mol. The Morgan fingerprint density at radius 3 is 2.74 bits per heavy atom. The number of esters is 1. The van der Waals surface area contributed by atoms with Gasteiger partial charge in [-0.2, -0.15) is 0 Å². The normalized spacial score (nSPS) is 12.3. The molecular weight excluding hydrogens is 246 g/mol. The molecule has 5 nitrogen and oxygen atoms in total. The Hall–Kier alpha value is -2.30. The first-order chi connectivity index (χ1) is 9.11. The van der Waals surface area contributed by atoms with Crippen LogP contribution in [0.4, 0.5) is 0 Å². The second-order valence-electron chi connectivity index (χ2n) is 4.21. The largest absolute Gasteiger partial charge is 0.481 e. The number of hydrogen-bond donors (Lipinski definition) is 2. The number of carbonyl (C=O) groups excluding carboxylic acids is 1. The maximum absolute atomic E-state index is 11.9. The van der Waals surface area contributed by atoms with Crippen LogP contribution >= 0.6 is 0 Å². The molecule has 1 heterocycles. The molecule has 1 aromatic heterocycles. The van der Waals surface area contributed by atoms with Crippen LogP contribution in [0.1, 0.15) is 25.0 Å². The number of hydrogen-bond acceptors (Lipinski definition) is 3. The highest BCUT2D eigenvalue weighted by Gasteiger charge is 2.26. The van der Waals surface area contributed by atoms with Crippen molar-refractivity contribution in [2.45, 2.75) is 19.3 Å². The van der Waals surface area contributed by atoms with Gasteiger partial charge in [0, 0.05) is 11.2 Å². The summed E-state index contributed by atoms with van der Waals surface area (Å²) in [6.07, 6.45) is -0.286. The highest BCUT2D eigenvalue weighted by atomic mass is 16.5. The summed E-state index contributed by atoms with van der Waals surface area (Å²) < 4.78 is 4.93. The number of aromatic amines is 1. The van der Waals surface area contributed by atoms with Gasteiger partial charge in [0.2, 0.25) is 0 Å². The average Bonchev–Trinajstić information content (AvgIpc) is 2.79. The van der Waals surface area contributed by atoms with Crippen molar-refractivity contribution >= 4 is 22.8 Å². The number of aromatic nitrogens is 1. The molecule has 1 aromatic carbocycles. The molecule has 2 aromatic rings. The van der Waals surface area contributed by atoms with Gasteiger partial charge in [0.1, 0.15) is 5.92 Å².